The van der Waals surface area contributed by atoms with E-state index in [4.69, 9.17) is 5.11 Å². The van der Waals surface area contributed by atoms with Crippen LogP contribution in [0, 0.1) is 5.92 Å². The van der Waals surface area contributed by atoms with Gasteiger partial charge in [0.2, 0.25) is 5.91 Å². The summed E-state index contributed by atoms with van der Waals surface area (Å²) in [6, 6.07) is -0.645. The molecule has 2 aliphatic rings. The third-order valence-electron chi connectivity index (χ3n) is 3.38. The van der Waals surface area contributed by atoms with Gasteiger partial charge in [0.25, 0.3) is 0 Å². The number of rotatable bonds is 2. The second kappa shape index (κ2) is 5.12. The minimum Gasteiger partial charge on any atom is -0.480 e. The fraction of sp³-hybridized carbons (Fsp3) is 0.667. The molecule has 1 fully saturated rings. The van der Waals surface area contributed by atoms with Gasteiger partial charge < -0.3 is 10.0 Å². The second-order valence-corrected chi connectivity index (χ2v) is 5.86. The van der Waals surface area contributed by atoms with E-state index < -0.39 is 12.0 Å². The fourth-order valence-electron chi connectivity index (χ4n) is 2.40. The number of hydrogen-bond acceptors (Lipinski definition) is 3. The summed E-state index contributed by atoms with van der Waals surface area (Å²) in [6.45, 7) is 1.91. The van der Waals surface area contributed by atoms with Crippen molar-refractivity contribution in [2.24, 2.45) is 5.92 Å². The molecule has 1 N–H and O–H groups in total. The molecular formula is C12H17NO3S. The summed E-state index contributed by atoms with van der Waals surface area (Å²) in [4.78, 5) is 25.0. The van der Waals surface area contributed by atoms with E-state index >= 15 is 0 Å². The number of allylic oxidation sites excluding steroid dienone is 2. The summed E-state index contributed by atoms with van der Waals surface area (Å²) in [5.74, 6) is -0.394. The largest absolute Gasteiger partial charge is 0.480 e. The van der Waals surface area contributed by atoms with Gasteiger partial charge in [0, 0.05) is 11.7 Å². The predicted molar refractivity (Wildman–Crippen MR) is 66.7 cm³/mol. The van der Waals surface area contributed by atoms with E-state index in [0.717, 1.165) is 19.3 Å². The van der Waals surface area contributed by atoms with Crippen molar-refractivity contribution < 1.29 is 14.7 Å². The Hall–Kier alpha value is -0.970. The highest BCUT2D eigenvalue weighted by Crippen LogP contribution is 2.32. The summed E-state index contributed by atoms with van der Waals surface area (Å²) in [5.41, 5.74) is 0. The minimum atomic E-state index is -0.887. The van der Waals surface area contributed by atoms with Gasteiger partial charge >= 0.3 is 5.97 Å². The summed E-state index contributed by atoms with van der Waals surface area (Å²) < 4.78 is 0. The molecule has 0 spiro atoms. The number of carboxylic acid groups (broad SMARTS) is 1. The zero-order valence-corrected chi connectivity index (χ0v) is 10.7. The lowest BCUT2D eigenvalue weighted by Crippen LogP contribution is -2.47. The van der Waals surface area contributed by atoms with Crippen LogP contribution in [0.3, 0.4) is 0 Å². The molecule has 1 saturated heterocycles. The van der Waals surface area contributed by atoms with Crippen molar-refractivity contribution in [3.63, 3.8) is 0 Å². The maximum Gasteiger partial charge on any atom is 0.327 e. The molecule has 94 valence electrons. The average molecular weight is 255 g/mol. The molecule has 0 aromatic rings. The molecule has 1 amide bonds. The van der Waals surface area contributed by atoms with Crippen molar-refractivity contribution >= 4 is 23.6 Å². The van der Waals surface area contributed by atoms with Crippen molar-refractivity contribution in [3.8, 4) is 0 Å². The Morgan fingerprint density at radius 2 is 2.18 bits per heavy atom. The first kappa shape index (κ1) is 12.5. The van der Waals surface area contributed by atoms with E-state index in [1.807, 2.05) is 13.0 Å². The Morgan fingerprint density at radius 3 is 2.76 bits per heavy atom. The van der Waals surface area contributed by atoms with Crippen LogP contribution < -0.4 is 0 Å². The fourth-order valence-corrected chi connectivity index (χ4v) is 3.57. The molecule has 4 nitrogen and oxygen atoms in total. The van der Waals surface area contributed by atoms with Crippen LogP contribution >= 0.6 is 11.8 Å². The van der Waals surface area contributed by atoms with Crippen LogP contribution in [0.1, 0.15) is 26.2 Å². The van der Waals surface area contributed by atoms with Crippen molar-refractivity contribution in [3.05, 3.63) is 12.2 Å². The van der Waals surface area contributed by atoms with Crippen LogP contribution in [-0.2, 0) is 9.59 Å². The number of nitrogens with zero attached hydrogens (tertiary/aromatic N) is 1. The van der Waals surface area contributed by atoms with Gasteiger partial charge in [-0.05, 0) is 26.2 Å². The summed E-state index contributed by atoms with van der Waals surface area (Å²) >= 11 is 1.54. The predicted octanol–water partition coefficient (Wildman–Crippen LogP) is 1.72. The molecule has 2 rings (SSSR count). The zero-order chi connectivity index (χ0) is 12.4. The van der Waals surface area contributed by atoms with Gasteiger partial charge in [-0.1, -0.05) is 12.2 Å². The second-order valence-electron chi connectivity index (χ2n) is 4.51. The third-order valence-corrected chi connectivity index (χ3v) is 4.60. The van der Waals surface area contributed by atoms with Gasteiger partial charge in [-0.2, -0.15) is 0 Å². The maximum absolute atomic E-state index is 12.3. The Kier molecular flexibility index (Phi) is 3.76. The maximum atomic E-state index is 12.3. The number of carbonyl (C=O) groups is 2. The van der Waals surface area contributed by atoms with Gasteiger partial charge in [0.05, 0.1) is 5.37 Å². The van der Waals surface area contributed by atoms with Crippen LogP contribution in [0.15, 0.2) is 12.2 Å². The molecule has 5 heteroatoms. The highest BCUT2D eigenvalue weighted by Gasteiger charge is 2.41. The Morgan fingerprint density at radius 1 is 1.41 bits per heavy atom. The van der Waals surface area contributed by atoms with Crippen molar-refractivity contribution in [2.45, 2.75) is 37.6 Å². The lowest BCUT2D eigenvalue weighted by Gasteiger charge is -2.29. The molecule has 1 aliphatic carbocycles. The first-order valence-corrected chi connectivity index (χ1v) is 6.97. The molecule has 3 unspecified atom stereocenters. The Balaban J connectivity index is 2.10. The van der Waals surface area contributed by atoms with E-state index in [9.17, 15) is 9.59 Å². The van der Waals surface area contributed by atoms with E-state index in [1.54, 1.807) is 16.7 Å². The molecule has 0 radical (unpaired) electrons. The number of carboxylic acids is 1. The molecule has 0 saturated carbocycles. The van der Waals surface area contributed by atoms with E-state index in [0.29, 0.717) is 5.75 Å². The molecular weight excluding hydrogens is 238 g/mol. The quantitative estimate of drug-likeness (QED) is 0.763. The van der Waals surface area contributed by atoms with Crippen molar-refractivity contribution in [1.82, 2.24) is 4.90 Å². The van der Waals surface area contributed by atoms with Crippen LogP contribution in [0.2, 0.25) is 0 Å². The topological polar surface area (TPSA) is 57.6 Å². The molecule has 0 aromatic heterocycles. The van der Waals surface area contributed by atoms with Crippen LogP contribution in [0.5, 0.6) is 0 Å². The van der Waals surface area contributed by atoms with Gasteiger partial charge in [0.15, 0.2) is 0 Å². The lowest BCUT2D eigenvalue weighted by molar-refractivity contribution is -0.150. The summed E-state index contributed by atoms with van der Waals surface area (Å²) in [5, 5.41) is 9.11. The van der Waals surface area contributed by atoms with E-state index in [-0.39, 0.29) is 17.2 Å². The monoisotopic (exact) mass is 255 g/mol. The molecule has 0 aromatic carbocycles. The highest BCUT2D eigenvalue weighted by atomic mass is 32.2. The van der Waals surface area contributed by atoms with Crippen LogP contribution in [0.25, 0.3) is 0 Å². The molecule has 0 bridgehead atoms. The summed E-state index contributed by atoms with van der Waals surface area (Å²) in [6.07, 6.45) is 6.62. The standard InChI is InChI=1S/C12H17NO3S/c1-8-13(10(7-17-8)12(15)16)11(14)9-5-3-2-4-6-9/h2-3,8-10H,4-7H2,1H3,(H,15,16). The van der Waals surface area contributed by atoms with Crippen LogP contribution in [0.4, 0.5) is 0 Å². The van der Waals surface area contributed by atoms with Gasteiger partial charge in [-0.15, -0.1) is 11.8 Å². The summed E-state index contributed by atoms with van der Waals surface area (Å²) in [7, 11) is 0. The third kappa shape index (κ3) is 2.49. The molecule has 3 atom stereocenters. The van der Waals surface area contributed by atoms with Crippen LogP contribution in [-0.4, -0.2) is 39.1 Å². The van der Waals surface area contributed by atoms with E-state index in [1.165, 1.54) is 0 Å². The first-order valence-electron chi connectivity index (χ1n) is 5.93. The number of hydrogen-bond donors (Lipinski definition) is 1. The number of aliphatic carboxylic acids is 1. The van der Waals surface area contributed by atoms with Gasteiger partial charge in [-0.3, -0.25) is 4.79 Å². The highest BCUT2D eigenvalue weighted by molar-refractivity contribution is 8.00. The smallest absolute Gasteiger partial charge is 0.327 e. The molecule has 17 heavy (non-hydrogen) atoms. The molecule has 1 aliphatic heterocycles. The Bertz CT molecular complexity index is 356. The lowest BCUT2D eigenvalue weighted by atomic mass is 9.92. The number of thioether (sulfide) groups is 1. The Labute approximate surface area is 105 Å². The zero-order valence-electron chi connectivity index (χ0n) is 9.83. The normalized spacial score (nSPS) is 32.8. The number of carbonyl (C=O) groups excluding carboxylic acids is 1. The van der Waals surface area contributed by atoms with Crippen molar-refractivity contribution in [2.75, 3.05) is 5.75 Å². The van der Waals surface area contributed by atoms with Gasteiger partial charge in [-0.25, -0.2) is 4.79 Å². The average Bonchev–Trinajstić information content (AvgIpc) is 2.71. The van der Waals surface area contributed by atoms with Gasteiger partial charge in [0.1, 0.15) is 6.04 Å². The molecule has 1 heterocycles. The van der Waals surface area contributed by atoms with Crippen molar-refractivity contribution in [1.29, 1.82) is 0 Å². The minimum absolute atomic E-state index is 0.0132. The SMILES string of the molecule is CC1SCC(C(=O)O)N1C(=O)C1CC=CCC1. The first-order chi connectivity index (χ1) is 8.11. The van der Waals surface area contributed by atoms with E-state index in [2.05, 4.69) is 6.08 Å². The number of amides is 1.